The fourth-order valence-electron chi connectivity index (χ4n) is 4.01. The number of aromatic nitrogens is 3. The van der Waals surface area contributed by atoms with Crippen LogP contribution in [-0.2, 0) is 16.6 Å². The van der Waals surface area contributed by atoms with Gasteiger partial charge < -0.3 is 10.1 Å². The molecule has 0 saturated heterocycles. The predicted molar refractivity (Wildman–Crippen MR) is 140 cm³/mol. The molecule has 5 aromatic rings. The molecule has 8 nitrogen and oxygen atoms in total. The molecule has 0 aliphatic heterocycles. The number of nitrogens with two attached hydrogens (primary N) is 1. The standard InChI is InChI=1S/C27H23N5O3S/c1-35-23-14-13-19(16-24(23)36(28,33)34)26-31-22-12-7-11-21(18-8-3-2-4-9-18)25(22)27(32-26)30-17-20-10-5-6-15-29-20/h2-16H,17H2,1H3,(H2,28,33,34)(H,30,31,32). The Hall–Kier alpha value is -4.34. The van der Waals surface area contributed by atoms with E-state index in [0.717, 1.165) is 22.2 Å². The highest BCUT2D eigenvalue weighted by atomic mass is 32.2. The van der Waals surface area contributed by atoms with Gasteiger partial charge in [0.25, 0.3) is 0 Å². The Morgan fingerprint density at radius 1 is 0.889 bits per heavy atom. The maximum atomic E-state index is 12.2. The van der Waals surface area contributed by atoms with Gasteiger partial charge in [-0.1, -0.05) is 48.5 Å². The topological polar surface area (TPSA) is 120 Å². The summed E-state index contributed by atoms with van der Waals surface area (Å²) in [7, 11) is -2.63. The van der Waals surface area contributed by atoms with E-state index in [4.69, 9.17) is 19.8 Å². The summed E-state index contributed by atoms with van der Waals surface area (Å²) in [6.07, 6.45) is 1.74. The Bertz CT molecular complexity index is 1640. The zero-order chi connectivity index (χ0) is 25.1. The summed E-state index contributed by atoms with van der Waals surface area (Å²) >= 11 is 0. The van der Waals surface area contributed by atoms with E-state index in [-0.39, 0.29) is 10.6 Å². The predicted octanol–water partition coefficient (Wildman–Crippen LogP) is 4.63. The van der Waals surface area contributed by atoms with Gasteiger partial charge in [-0.05, 0) is 47.5 Å². The molecule has 0 radical (unpaired) electrons. The molecule has 3 N–H and O–H groups in total. The molecule has 0 saturated carbocycles. The average molecular weight is 498 g/mol. The van der Waals surface area contributed by atoms with Gasteiger partial charge in [0.05, 0.1) is 30.3 Å². The molecule has 0 spiro atoms. The SMILES string of the molecule is COc1ccc(-c2nc(NCc3ccccn3)c3c(-c4ccccc4)cccc3n2)cc1S(N)(=O)=O. The lowest BCUT2D eigenvalue weighted by atomic mass is 10.0. The third-order valence-corrected chi connectivity index (χ3v) is 6.63. The van der Waals surface area contributed by atoms with Crippen molar-refractivity contribution < 1.29 is 13.2 Å². The van der Waals surface area contributed by atoms with Crippen molar-refractivity contribution in [3.8, 4) is 28.3 Å². The molecule has 0 atom stereocenters. The van der Waals surface area contributed by atoms with Gasteiger partial charge in [-0.2, -0.15) is 0 Å². The van der Waals surface area contributed by atoms with Crippen molar-refractivity contribution in [2.45, 2.75) is 11.4 Å². The molecule has 5 rings (SSSR count). The lowest BCUT2D eigenvalue weighted by molar-refractivity contribution is 0.403. The highest BCUT2D eigenvalue weighted by molar-refractivity contribution is 7.89. The summed E-state index contributed by atoms with van der Waals surface area (Å²) in [6.45, 7) is 0.445. The molecule has 0 amide bonds. The molecule has 9 heteroatoms. The normalized spacial score (nSPS) is 11.4. The molecule has 0 bridgehead atoms. The lowest BCUT2D eigenvalue weighted by Gasteiger charge is -2.15. The number of fused-ring (bicyclic) bond motifs is 1. The van der Waals surface area contributed by atoms with Crippen LogP contribution in [0.15, 0.2) is 96.0 Å². The molecule has 2 heterocycles. The van der Waals surface area contributed by atoms with E-state index in [2.05, 4.69) is 10.3 Å². The van der Waals surface area contributed by atoms with Crippen LogP contribution in [0.5, 0.6) is 5.75 Å². The third-order valence-electron chi connectivity index (χ3n) is 5.70. The minimum atomic E-state index is -4.02. The molecule has 36 heavy (non-hydrogen) atoms. The summed E-state index contributed by atoms with van der Waals surface area (Å²) in [4.78, 5) is 13.9. The fraction of sp³-hybridized carbons (Fsp3) is 0.0741. The van der Waals surface area contributed by atoms with E-state index < -0.39 is 10.0 Å². The first-order chi connectivity index (χ1) is 17.4. The van der Waals surface area contributed by atoms with Crippen LogP contribution in [-0.4, -0.2) is 30.5 Å². The van der Waals surface area contributed by atoms with E-state index in [1.807, 2.05) is 66.7 Å². The van der Waals surface area contributed by atoms with Gasteiger partial charge in [-0.3, -0.25) is 4.98 Å². The first-order valence-electron chi connectivity index (χ1n) is 11.2. The van der Waals surface area contributed by atoms with Gasteiger partial charge in [-0.15, -0.1) is 0 Å². The number of anilines is 1. The number of pyridine rings is 1. The largest absolute Gasteiger partial charge is 0.495 e. The van der Waals surface area contributed by atoms with Crippen molar-refractivity contribution in [3.63, 3.8) is 0 Å². The van der Waals surface area contributed by atoms with Gasteiger partial charge in [0, 0.05) is 11.8 Å². The number of hydrogen-bond acceptors (Lipinski definition) is 7. The minimum absolute atomic E-state index is 0.132. The first kappa shape index (κ1) is 23.4. The number of sulfonamides is 1. The van der Waals surface area contributed by atoms with E-state index in [1.165, 1.54) is 13.2 Å². The number of rotatable bonds is 7. The summed E-state index contributed by atoms with van der Waals surface area (Å²) in [6, 6.07) is 26.3. The highest BCUT2D eigenvalue weighted by Crippen LogP contribution is 2.35. The molecular formula is C27H23N5O3S. The van der Waals surface area contributed by atoms with Crippen LogP contribution in [0.1, 0.15) is 5.69 Å². The Balaban J connectivity index is 1.70. The number of nitrogens with zero attached hydrogens (tertiary/aromatic N) is 3. The van der Waals surface area contributed by atoms with Crippen molar-refractivity contribution >= 4 is 26.7 Å². The van der Waals surface area contributed by atoms with Gasteiger partial charge in [0.15, 0.2) is 5.82 Å². The van der Waals surface area contributed by atoms with E-state index in [0.29, 0.717) is 29.3 Å². The molecule has 0 aliphatic carbocycles. The van der Waals surface area contributed by atoms with Crippen LogP contribution in [0, 0.1) is 0 Å². The van der Waals surface area contributed by atoms with Gasteiger partial charge in [0.2, 0.25) is 10.0 Å². The number of nitrogens with one attached hydrogen (secondary N) is 1. The quantitative estimate of drug-likeness (QED) is 0.336. The Labute approximate surface area is 208 Å². The third kappa shape index (κ3) is 4.74. The number of methoxy groups -OCH3 is 1. The number of benzene rings is 3. The van der Waals surface area contributed by atoms with Crippen molar-refractivity contribution in [2.24, 2.45) is 5.14 Å². The van der Waals surface area contributed by atoms with E-state index in [1.54, 1.807) is 18.3 Å². The molecule has 0 aliphatic rings. The second-order valence-electron chi connectivity index (χ2n) is 8.05. The summed E-state index contributed by atoms with van der Waals surface area (Å²) in [5, 5.41) is 9.69. The van der Waals surface area contributed by atoms with Gasteiger partial charge in [0.1, 0.15) is 16.5 Å². The van der Waals surface area contributed by atoms with Crippen LogP contribution in [0.3, 0.4) is 0 Å². The minimum Gasteiger partial charge on any atom is -0.495 e. The van der Waals surface area contributed by atoms with E-state index in [9.17, 15) is 8.42 Å². The molecule has 180 valence electrons. The Kier molecular flexibility index (Phi) is 6.32. The first-order valence-corrected chi connectivity index (χ1v) is 12.7. The van der Waals surface area contributed by atoms with E-state index >= 15 is 0 Å². The second-order valence-corrected chi connectivity index (χ2v) is 9.58. The molecule has 2 aromatic heterocycles. The molecule has 0 unspecified atom stereocenters. The highest BCUT2D eigenvalue weighted by Gasteiger charge is 2.19. The van der Waals surface area contributed by atoms with Gasteiger partial charge >= 0.3 is 0 Å². The molecular weight excluding hydrogens is 474 g/mol. The monoisotopic (exact) mass is 497 g/mol. The molecule has 3 aromatic carbocycles. The zero-order valence-corrected chi connectivity index (χ0v) is 20.2. The summed E-state index contributed by atoms with van der Waals surface area (Å²) < 4.78 is 29.5. The van der Waals surface area contributed by atoms with Crippen molar-refractivity contribution in [1.29, 1.82) is 0 Å². The average Bonchev–Trinajstić information content (AvgIpc) is 2.91. The van der Waals surface area contributed by atoms with Gasteiger partial charge in [-0.25, -0.2) is 23.5 Å². The zero-order valence-electron chi connectivity index (χ0n) is 19.4. The number of ether oxygens (including phenoxy) is 1. The van der Waals surface area contributed by atoms with Crippen molar-refractivity contribution in [1.82, 2.24) is 15.0 Å². The maximum absolute atomic E-state index is 12.2. The maximum Gasteiger partial charge on any atom is 0.241 e. The summed E-state index contributed by atoms with van der Waals surface area (Å²) in [5.74, 6) is 1.11. The Morgan fingerprint density at radius 2 is 1.69 bits per heavy atom. The molecule has 0 fully saturated rings. The van der Waals surface area contributed by atoms with Crippen molar-refractivity contribution in [3.05, 3.63) is 96.8 Å². The number of primary sulfonamides is 1. The van der Waals surface area contributed by atoms with Crippen LogP contribution in [0.4, 0.5) is 5.82 Å². The number of hydrogen-bond donors (Lipinski definition) is 2. The van der Waals surface area contributed by atoms with Crippen molar-refractivity contribution in [2.75, 3.05) is 12.4 Å². The van der Waals surface area contributed by atoms with Crippen LogP contribution in [0.25, 0.3) is 33.4 Å². The fourth-order valence-corrected chi connectivity index (χ4v) is 4.74. The van der Waals surface area contributed by atoms with Crippen LogP contribution in [0.2, 0.25) is 0 Å². The van der Waals surface area contributed by atoms with Crippen LogP contribution >= 0.6 is 0 Å². The second kappa shape index (κ2) is 9.73. The van der Waals surface area contributed by atoms with Crippen LogP contribution < -0.4 is 15.2 Å². The lowest BCUT2D eigenvalue weighted by Crippen LogP contribution is -2.13. The summed E-state index contributed by atoms with van der Waals surface area (Å²) in [5.41, 5.74) is 4.05. The Morgan fingerprint density at radius 3 is 2.42 bits per heavy atom. The smallest absolute Gasteiger partial charge is 0.241 e.